The number of rotatable bonds is 1. The zero-order chi connectivity index (χ0) is 17.1. The van der Waals surface area contributed by atoms with E-state index in [1.807, 2.05) is 19.2 Å². The summed E-state index contributed by atoms with van der Waals surface area (Å²) < 4.78 is 28.7. The first kappa shape index (κ1) is 14.2. The Bertz CT molecular complexity index is 1080. The highest BCUT2D eigenvalue weighted by atomic mass is 19.1. The highest BCUT2D eigenvalue weighted by Gasteiger charge is 2.32. The molecular formula is C19H12F2N4. The lowest BCUT2D eigenvalue weighted by molar-refractivity contribution is 0.577. The van der Waals surface area contributed by atoms with Gasteiger partial charge < -0.3 is 4.98 Å². The summed E-state index contributed by atoms with van der Waals surface area (Å²) in [6.07, 6.45) is 7.05. The Labute approximate surface area is 141 Å². The molecule has 1 aromatic carbocycles. The fraction of sp³-hybridized carbons (Fsp3) is 0.105. The van der Waals surface area contributed by atoms with Crippen LogP contribution in [0.3, 0.4) is 0 Å². The molecule has 0 saturated carbocycles. The Morgan fingerprint density at radius 2 is 1.84 bits per heavy atom. The molecule has 1 atom stereocenters. The molecule has 0 amide bonds. The number of H-pyrrole nitrogens is 1. The number of hydrogen-bond acceptors (Lipinski definition) is 3. The van der Waals surface area contributed by atoms with Gasteiger partial charge in [0, 0.05) is 35.0 Å². The Morgan fingerprint density at radius 3 is 2.64 bits per heavy atom. The van der Waals surface area contributed by atoms with E-state index in [1.165, 1.54) is 18.2 Å². The van der Waals surface area contributed by atoms with Crippen LogP contribution in [0.1, 0.15) is 29.7 Å². The summed E-state index contributed by atoms with van der Waals surface area (Å²) in [7, 11) is 0. The van der Waals surface area contributed by atoms with E-state index in [9.17, 15) is 8.78 Å². The third kappa shape index (κ3) is 1.88. The molecular weight excluding hydrogens is 322 g/mol. The second kappa shape index (κ2) is 4.92. The highest BCUT2D eigenvalue weighted by molar-refractivity contribution is 5.94. The summed E-state index contributed by atoms with van der Waals surface area (Å²) in [6, 6.07) is 3.89. The van der Waals surface area contributed by atoms with Crippen LogP contribution in [0, 0.1) is 11.6 Å². The lowest BCUT2D eigenvalue weighted by atomic mass is 9.82. The summed E-state index contributed by atoms with van der Waals surface area (Å²) in [5.74, 6) is -1.28. The number of hydrogen-bond donors (Lipinski definition) is 1. The van der Waals surface area contributed by atoms with E-state index in [0.717, 1.165) is 28.1 Å². The van der Waals surface area contributed by atoms with Crippen LogP contribution in [0.5, 0.6) is 0 Å². The van der Waals surface area contributed by atoms with E-state index in [1.54, 1.807) is 12.4 Å². The summed E-state index contributed by atoms with van der Waals surface area (Å²) in [5.41, 5.74) is 5.28. The van der Waals surface area contributed by atoms with Crippen LogP contribution in [-0.2, 0) is 0 Å². The molecule has 3 heterocycles. The molecule has 0 aromatic heterocycles. The maximum absolute atomic E-state index is 14.4. The van der Waals surface area contributed by atoms with Crippen molar-refractivity contribution in [2.45, 2.75) is 12.8 Å². The van der Waals surface area contributed by atoms with Crippen molar-refractivity contribution in [3.05, 3.63) is 71.3 Å². The number of nitrogens with one attached hydrogen (secondary N) is 1. The van der Waals surface area contributed by atoms with E-state index in [0.29, 0.717) is 11.3 Å². The van der Waals surface area contributed by atoms with Crippen molar-refractivity contribution in [1.29, 1.82) is 0 Å². The molecule has 4 aliphatic rings. The molecule has 0 saturated heterocycles. The van der Waals surface area contributed by atoms with Crippen LogP contribution in [0.4, 0.5) is 8.78 Å². The lowest BCUT2D eigenvalue weighted by Crippen LogP contribution is -2.07. The molecule has 25 heavy (non-hydrogen) atoms. The number of aromatic nitrogens is 4. The predicted octanol–water partition coefficient (Wildman–Crippen LogP) is 4.24. The third-order valence-corrected chi connectivity index (χ3v) is 4.72. The SMILES string of the molecule is CC1C=C(c2c(F)cccc2F)c2ncc3c[nH]c4cnnc-4c1c2-3. The van der Waals surface area contributed by atoms with Crippen LogP contribution < -0.4 is 0 Å². The van der Waals surface area contributed by atoms with Gasteiger partial charge in [-0.3, -0.25) is 4.98 Å². The van der Waals surface area contributed by atoms with Gasteiger partial charge >= 0.3 is 0 Å². The van der Waals surface area contributed by atoms with Crippen LogP contribution in [-0.4, -0.2) is 20.2 Å². The molecule has 3 aliphatic heterocycles. The summed E-state index contributed by atoms with van der Waals surface area (Å²) in [4.78, 5) is 7.63. The Morgan fingerprint density at radius 1 is 1.04 bits per heavy atom. The fourth-order valence-corrected chi connectivity index (χ4v) is 3.65. The quantitative estimate of drug-likeness (QED) is 0.566. The van der Waals surface area contributed by atoms with Gasteiger partial charge in [0.15, 0.2) is 0 Å². The minimum absolute atomic E-state index is 0.0414. The minimum Gasteiger partial charge on any atom is -0.358 e. The van der Waals surface area contributed by atoms with Gasteiger partial charge in [-0.25, -0.2) is 8.78 Å². The molecule has 1 N–H and O–H groups in total. The van der Waals surface area contributed by atoms with Crippen LogP contribution >= 0.6 is 0 Å². The van der Waals surface area contributed by atoms with Gasteiger partial charge in [-0.1, -0.05) is 19.1 Å². The molecule has 1 aromatic rings. The number of aromatic amines is 1. The minimum atomic E-state index is -0.594. The van der Waals surface area contributed by atoms with Crippen LogP contribution in [0.2, 0.25) is 0 Å². The Kier molecular flexibility index (Phi) is 2.80. The van der Waals surface area contributed by atoms with Gasteiger partial charge in [-0.15, -0.1) is 5.10 Å². The molecule has 6 heteroatoms. The summed E-state index contributed by atoms with van der Waals surface area (Å²) in [6.45, 7) is 1.98. The molecule has 0 bridgehead atoms. The zero-order valence-corrected chi connectivity index (χ0v) is 13.2. The number of halogens is 2. The standard InChI is InChI=1S/C19H12F2N4/c1-9-5-11(17-12(20)3-2-4-13(17)21)18-16-10(7-23-18)6-22-14-8-24-25-19(14)15(9)16/h2-9,22H,1H3. The second-order valence-corrected chi connectivity index (χ2v) is 6.21. The van der Waals surface area contributed by atoms with Crippen molar-refractivity contribution < 1.29 is 8.78 Å². The van der Waals surface area contributed by atoms with Gasteiger partial charge in [-0.2, -0.15) is 5.10 Å². The summed E-state index contributed by atoms with van der Waals surface area (Å²) >= 11 is 0. The second-order valence-electron chi connectivity index (χ2n) is 6.21. The maximum Gasteiger partial charge on any atom is 0.134 e. The van der Waals surface area contributed by atoms with Gasteiger partial charge in [0.1, 0.15) is 17.3 Å². The lowest BCUT2D eigenvalue weighted by Gasteiger charge is -2.21. The van der Waals surface area contributed by atoms with Crippen molar-refractivity contribution in [2.24, 2.45) is 0 Å². The maximum atomic E-state index is 14.4. The smallest absolute Gasteiger partial charge is 0.134 e. The van der Waals surface area contributed by atoms with Gasteiger partial charge in [-0.05, 0) is 17.7 Å². The molecule has 4 nitrogen and oxygen atoms in total. The third-order valence-electron chi connectivity index (χ3n) is 4.72. The molecule has 5 rings (SSSR count). The highest BCUT2D eigenvalue weighted by Crippen LogP contribution is 2.47. The average molecular weight is 334 g/mol. The first-order valence-corrected chi connectivity index (χ1v) is 7.93. The van der Waals surface area contributed by atoms with Gasteiger partial charge in [0.25, 0.3) is 0 Å². The van der Waals surface area contributed by atoms with E-state index in [-0.39, 0.29) is 11.5 Å². The number of nitrogens with zero attached hydrogens (tertiary/aromatic N) is 3. The topological polar surface area (TPSA) is 54.5 Å². The molecule has 1 aliphatic carbocycles. The van der Waals surface area contributed by atoms with Crippen molar-refractivity contribution >= 4 is 5.57 Å². The first-order valence-electron chi connectivity index (χ1n) is 7.93. The first-order chi connectivity index (χ1) is 12.1. The monoisotopic (exact) mass is 334 g/mol. The van der Waals surface area contributed by atoms with E-state index in [4.69, 9.17) is 0 Å². The largest absolute Gasteiger partial charge is 0.358 e. The number of fused-ring (bicyclic) bond motifs is 2. The predicted molar refractivity (Wildman–Crippen MR) is 89.3 cm³/mol. The Balaban J connectivity index is 1.85. The zero-order valence-electron chi connectivity index (χ0n) is 13.2. The van der Waals surface area contributed by atoms with Crippen molar-refractivity contribution in [3.63, 3.8) is 0 Å². The fourth-order valence-electron chi connectivity index (χ4n) is 3.65. The van der Waals surface area contributed by atoms with Crippen molar-refractivity contribution in [1.82, 2.24) is 20.2 Å². The molecule has 0 spiro atoms. The Hall–Kier alpha value is -3.15. The molecule has 0 radical (unpaired) electrons. The normalized spacial score (nSPS) is 16.4. The van der Waals surface area contributed by atoms with Crippen molar-refractivity contribution in [2.75, 3.05) is 0 Å². The van der Waals surface area contributed by atoms with E-state index >= 15 is 0 Å². The van der Waals surface area contributed by atoms with Crippen molar-refractivity contribution in [3.8, 4) is 22.5 Å². The molecule has 0 fully saturated rings. The van der Waals surface area contributed by atoms with Gasteiger partial charge in [0.2, 0.25) is 0 Å². The number of allylic oxidation sites excluding steroid dienone is 1. The van der Waals surface area contributed by atoms with E-state index < -0.39 is 11.6 Å². The number of benzene rings is 1. The average Bonchev–Trinajstić information content (AvgIpc) is 3.17. The van der Waals surface area contributed by atoms with E-state index in [2.05, 4.69) is 20.2 Å². The molecule has 122 valence electrons. The summed E-state index contributed by atoms with van der Waals surface area (Å²) in [5, 5.41) is 8.21. The van der Waals surface area contributed by atoms with Crippen LogP contribution in [0.25, 0.3) is 28.1 Å². The van der Waals surface area contributed by atoms with Crippen LogP contribution in [0.15, 0.2) is 42.9 Å². The molecule has 1 unspecified atom stereocenters. The van der Waals surface area contributed by atoms with Gasteiger partial charge in [0.05, 0.1) is 23.1 Å².